The molecule has 2 aromatic heterocycles. The van der Waals surface area contributed by atoms with E-state index in [0.29, 0.717) is 12.0 Å². The van der Waals surface area contributed by atoms with Gasteiger partial charge in [0, 0.05) is 11.9 Å². The second kappa shape index (κ2) is 7.50. The molecule has 0 unspecified atom stereocenters. The molecule has 0 aromatic carbocycles. The number of methoxy groups -OCH3 is 1. The molecule has 0 saturated carbocycles. The fourth-order valence-electron chi connectivity index (χ4n) is 2.26. The van der Waals surface area contributed by atoms with Crippen LogP contribution < -0.4 is 10.2 Å². The largest absolute Gasteiger partial charge is 0.482 e. The third-order valence-corrected chi connectivity index (χ3v) is 3.48. The summed E-state index contributed by atoms with van der Waals surface area (Å²) in [5.41, 5.74) is 1.48. The summed E-state index contributed by atoms with van der Waals surface area (Å²) >= 11 is 0. The van der Waals surface area contributed by atoms with Crippen molar-refractivity contribution in [2.45, 2.75) is 20.3 Å². The van der Waals surface area contributed by atoms with Gasteiger partial charge in [0.2, 0.25) is 5.43 Å². The molecular weight excluding hydrogens is 308 g/mol. The van der Waals surface area contributed by atoms with Crippen LogP contribution in [0.25, 0.3) is 12.2 Å². The van der Waals surface area contributed by atoms with Crippen molar-refractivity contribution < 1.29 is 14.6 Å². The van der Waals surface area contributed by atoms with Gasteiger partial charge in [-0.2, -0.15) is 0 Å². The molecule has 0 fully saturated rings. The maximum absolute atomic E-state index is 12.6. The number of carbonyl (C=O) groups is 1. The van der Waals surface area contributed by atoms with Gasteiger partial charge in [-0.15, -0.1) is 0 Å². The molecule has 24 heavy (non-hydrogen) atoms. The molecule has 2 heterocycles. The summed E-state index contributed by atoms with van der Waals surface area (Å²) in [4.78, 5) is 30.1. The second-order valence-corrected chi connectivity index (χ2v) is 5.50. The van der Waals surface area contributed by atoms with Crippen LogP contribution in [0.15, 0.2) is 34.8 Å². The van der Waals surface area contributed by atoms with Crippen molar-refractivity contribution in [1.29, 1.82) is 0 Å². The van der Waals surface area contributed by atoms with E-state index >= 15 is 0 Å². The zero-order valence-electron chi connectivity index (χ0n) is 13.8. The van der Waals surface area contributed by atoms with Crippen LogP contribution in [0.1, 0.15) is 41.2 Å². The highest BCUT2D eigenvalue weighted by molar-refractivity contribution is 5.92. The smallest absolute Gasteiger partial charge is 0.341 e. The number of ether oxygens (including phenoxy) is 1. The van der Waals surface area contributed by atoms with E-state index in [2.05, 4.69) is 9.97 Å². The number of aromatic carboxylic acids is 1. The fraction of sp³-hybridized carbons (Fsp3) is 0.222. The summed E-state index contributed by atoms with van der Waals surface area (Å²) in [5, 5.41) is 9.45. The number of allylic oxidation sites excluding steroid dienone is 2. The number of rotatable bonds is 6. The molecule has 6 nitrogen and oxygen atoms in total. The average molecular weight is 328 g/mol. The zero-order chi connectivity index (χ0) is 17.7. The summed E-state index contributed by atoms with van der Waals surface area (Å²) in [5.74, 6) is -1.00. The molecule has 0 aliphatic carbocycles. The standard InChI is InChI=1S/C18H20N2O4/c1-11(2)6-8-13-16(21)15(18(22)23)14(20-17(13)24-3)9-7-12-5-4-10-19-12/h4-7,9-10,19H,8H2,1-3H3,(H,20,21)(H,22,23)/b9-7+. The third kappa shape index (κ3) is 3.84. The van der Waals surface area contributed by atoms with E-state index in [1.807, 2.05) is 32.1 Å². The maximum atomic E-state index is 12.6. The Morgan fingerprint density at radius 3 is 2.62 bits per heavy atom. The normalized spacial score (nSPS) is 10.8. The number of hydrogen-bond donors (Lipinski definition) is 3. The molecule has 0 aliphatic heterocycles. The summed E-state index contributed by atoms with van der Waals surface area (Å²) in [6.45, 7) is 3.82. The first-order valence-electron chi connectivity index (χ1n) is 7.45. The van der Waals surface area contributed by atoms with Crippen molar-refractivity contribution in [2.24, 2.45) is 0 Å². The highest BCUT2D eigenvalue weighted by atomic mass is 16.5. The Morgan fingerprint density at radius 2 is 2.08 bits per heavy atom. The molecule has 6 heteroatoms. The van der Waals surface area contributed by atoms with E-state index in [1.165, 1.54) is 7.11 Å². The quantitative estimate of drug-likeness (QED) is 0.710. The highest BCUT2D eigenvalue weighted by Gasteiger charge is 2.20. The molecule has 0 bridgehead atoms. The lowest BCUT2D eigenvalue weighted by Gasteiger charge is -2.10. The molecule has 0 atom stereocenters. The van der Waals surface area contributed by atoms with Gasteiger partial charge in [-0.3, -0.25) is 4.79 Å². The van der Waals surface area contributed by atoms with Crippen LogP contribution in [0.2, 0.25) is 0 Å². The SMILES string of the molecule is COc1[nH]c(/C=C/c2ccc[nH]2)c(C(=O)O)c(=O)c1CC=C(C)C. The molecule has 126 valence electrons. The number of hydrogen-bond acceptors (Lipinski definition) is 3. The van der Waals surface area contributed by atoms with Crippen LogP contribution in [0, 0.1) is 0 Å². The van der Waals surface area contributed by atoms with Gasteiger partial charge in [-0.25, -0.2) is 4.79 Å². The van der Waals surface area contributed by atoms with Crippen molar-refractivity contribution in [3.63, 3.8) is 0 Å². The van der Waals surface area contributed by atoms with Crippen molar-refractivity contribution >= 4 is 18.1 Å². The van der Waals surface area contributed by atoms with E-state index in [9.17, 15) is 14.7 Å². The number of carboxylic acid groups (broad SMARTS) is 1. The minimum Gasteiger partial charge on any atom is -0.482 e. The summed E-state index contributed by atoms with van der Waals surface area (Å²) in [6.07, 6.45) is 7.15. The van der Waals surface area contributed by atoms with Gasteiger partial charge in [0.05, 0.1) is 18.4 Å². The Morgan fingerprint density at radius 1 is 1.33 bits per heavy atom. The van der Waals surface area contributed by atoms with Gasteiger partial charge in [-0.05, 0) is 44.6 Å². The fourth-order valence-corrected chi connectivity index (χ4v) is 2.26. The van der Waals surface area contributed by atoms with Crippen molar-refractivity contribution in [1.82, 2.24) is 9.97 Å². The van der Waals surface area contributed by atoms with Gasteiger partial charge in [0.25, 0.3) is 0 Å². The first-order chi connectivity index (χ1) is 11.4. The second-order valence-electron chi connectivity index (χ2n) is 5.50. The minimum atomic E-state index is -1.27. The van der Waals surface area contributed by atoms with Crippen molar-refractivity contribution in [3.05, 3.63) is 62.7 Å². The number of aromatic nitrogens is 2. The lowest BCUT2D eigenvalue weighted by molar-refractivity contribution is 0.0694. The van der Waals surface area contributed by atoms with Gasteiger partial charge < -0.3 is 19.8 Å². The van der Waals surface area contributed by atoms with E-state index < -0.39 is 11.4 Å². The Hall–Kier alpha value is -3.02. The van der Waals surface area contributed by atoms with E-state index in [0.717, 1.165) is 11.3 Å². The molecule has 3 N–H and O–H groups in total. The summed E-state index contributed by atoms with van der Waals surface area (Å²) in [7, 11) is 1.44. The Balaban J connectivity index is 2.59. The van der Waals surface area contributed by atoms with Gasteiger partial charge in [0.15, 0.2) is 5.88 Å². The van der Waals surface area contributed by atoms with Gasteiger partial charge in [-0.1, -0.05) is 11.6 Å². The lowest BCUT2D eigenvalue weighted by Crippen LogP contribution is -2.22. The Labute approximate surface area is 139 Å². The number of H-pyrrole nitrogens is 2. The lowest BCUT2D eigenvalue weighted by atomic mass is 10.0. The molecule has 0 saturated heterocycles. The van der Waals surface area contributed by atoms with Crippen LogP contribution in [0.4, 0.5) is 0 Å². The van der Waals surface area contributed by atoms with Gasteiger partial charge >= 0.3 is 5.97 Å². The van der Waals surface area contributed by atoms with Crippen molar-refractivity contribution in [2.75, 3.05) is 7.11 Å². The monoisotopic (exact) mass is 328 g/mol. The highest BCUT2D eigenvalue weighted by Crippen LogP contribution is 2.18. The zero-order valence-corrected chi connectivity index (χ0v) is 13.8. The topological polar surface area (TPSA) is 95.2 Å². The molecule has 2 rings (SSSR count). The van der Waals surface area contributed by atoms with E-state index in [-0.39, 0.29) is 17.1 Å². The average Bonchev–Trinajstić information content (AvgIpc) is 3.03. The predicted molar refractivity (Wildman–Crippen MR) is 93.4 cm³/mol. The van der Waals surface area contributed by atoms with E-state index in [1.54, 1.807) is 18.3 Å². The first kappa shape index (κ1) is 17.3. The first-order valence-corrected chi connectivity index (χ1v) is 7.45. The Kier molecular flexibility index (Phi) is 5.42. The maximum Gasteiger partial charge on any atom is 0.341 e. The number of nitrogens with one attached hydrogen (secondary N) is 2. The van der Waals surface area contributed by atoms with Crippen LogP contribution in [-0.4, -0.2) is 28.2 Å². The minimum absolute atomic E-state index is 0.194. The third-order valence-electron chi connectivity index (χ3n) is 3.48. The van der Waals surface area contributed by atoms with Crippen LogP contribution in [0.5, 0.6) is 5.88 Å². The van der Waals surface area contributed by atoms with Crippen molar-refractivity contribution in [3.8, 4) is 5.88 Å². The molecule has 0 spiro atoms. The Bertz CT molecular complexity index is 839. The molecule has 0 amide bonds. The number of aromatic amines is 2. The number of carboxylic acids is 1. The molecule has 0 aliphatic rings. The summed E-state index contributed by atoms with van der Waals surface area (Å²) in [6, 6.07) is 3.65. The molecular formula is C18H20N2O4. The molecule has 2 aromatic rings. The molecule has 0 radical (unpaired) electrons. The van der Waals surface area contributed by atoms with E-state index in [4.69, 9.17) is 4.74 Å². The summed E-state index contributed by atoms with van der Waals surface area (Å²) < 4.78 is 5.25. The van der Waals surface area contributed by atoms with Crippen LogP contribution in [-0.2, 0) is 6.42 Å². The number of pyridine rings is 1. The van der Waals surface area contributed by atoms with Crippen LogP contribution >= 0.6 is 0 Å². The van der Waals surface area contributed by atoms with Crippen LogP contribution in [0.3, 0.4) is 0 Å². The van der Waals surface area contributed by atoms with Gasteiger partial charge in [0.1, 0.15) is 5.56 Å². The predicted octanol–water partition coefficient (Wildman–Crippen LogP) is 3.09.